The molecule has 0 spiro atoms. The number of rotatable bonds is 5. The van der Waals surface area contributed by atoms with Crippen LogP contribution in [0.5, 0.6) is 0 Å². The second-order valence-corrected chi connectivity index (χ2v) is 6.00. The lowest BCUT2D eigenvalue weighted by molar-refractivity contribution is 0.541. The molecule has 2 aromatic rings. The highest BCUT2D eigenvalue weighted by Crippen LogP contribution is 2.28. The summed E-state index contributed by atoms with van der Waals surface area (Å²) in [6.45, 7) is 6.83. The van der Waals surface area contributed by atoms with Crippen molar-refractivity contribution in [3.05, 3.63) is 50.8 Å². The molecule has 1 aromatic carbocycles. The molecule has 0 fully saturated rings. The first kappa shape index (κ1) is 16.3. The standard InChI is InChI=1S/C16H21Cl2N3/c1-5-21-15(16(18)11(3)20-21)9-14(19-4)12-7-6-10(2)13(17)8-12/h6-8,14,19H,5,9H2,1-4H3. The van der Waals surface area contributed by atoms with Crippen molar-refractivity contribution in [3.63, 3.8) is 0 Å². The van der Waals surface area contributed by atoms with E-state index in [4.69, 9.17) is 23.2 Å². The number of likely N-dealkylation sites (N-methyl/N-ethyl adjacent to an activating group) is 1. The van der Waals surface area contributed by atoms with Gasteiger partial charge < -0.3 is 5.32 Å². The molecule has 0 radical (unpaired) electrons. The Hall–Kier alpha value is -1.03. The normalized spacial score (nSPS) is 12.7. The monoisotopic (exact) mass is 325 g/mol. The Morgan fingerprint density at radius 3 is 2.57 bits per heavy atom. The SMILES string of the molecule is CCn1nc(C)c(Cl)c1CC(NC)c1ccc(C)c(Cl)c1. The van der Waals surface area contributed by atoms with Crippen molar-refractivity contribution in [1.29, 1.82) is 0 Å². The van der Waals surface area contributed by atoms with Gasteiger partial charge >= 0.3 is 0 Å². The van der Waals surface area contributed by atoms with Crippen LogP contribution in [0, 0.1) is 13.8 Å². The van der Waals surface area contributed by atoms with Gasteiger partial charge in [-0.15, -0.1) is 0 Å². The van der Waals surface area contributed by atoms with Crippen LogP contribution in [0.25, 0.3) is 0 Å². The second kappa shape index (κ2) is 6.82. The molecule has 1 unspecified atom stereocenters. The number of hydrogen-bond acceptors (Lipinski definition) is 2. The fraction of sp³-hybridized carbons (Fsp3) is 0.438. The Bertz CT molecular complexity index is 635. The van der Waals surface area contributed by atoms with Gasteiger partial charge in [-0.3, -0.25) is 4.68 Å². The second-order valence-electron chi connectivity index (χ2n) is 5.22. The first-order valence-corrected chi connectivity index (χ1v) is 7.88. The Balaban J connectivity index is 2.33. The Labute approximate surface area is 136 Å². The molecular formula is C16H21Cl2N3. The highest BCUT2D eigenvalue weighted by Gasteiger charge is 2.18. The van der Waals surface area contributed by atoms with E-state index in [2.05, 4.69) is 23.4 Å². The molecule has 114 valence electrons. The number of nitrogens with one attached hydrogen (secondary N) is 1. The number of nitrogens with zero attached hydrogens (tertiary/aromatic N) is 2. The molecule has 1 N–H and O–H groups in total. The smallest absolute Gasteiger partial charge is 0.0847 e. The van der Waals surface area contributed by atoms with Crippen LogP contribution in [0.15, 0.2) is 18.2 Å². The van der Waals surface area contributed by atoms with Crippen LogP contribution in [-0.4, -0.2) is 16.8 Å². The topological polar surface area (TPSA) is 29.9 Å². The van der Waals surface area contributed by atoms with Gasteiger partial charge in [0, 0.05) is 24.0 Å². The summed E-state index contributed by atoms with van der Waals surface area (Å²) in [6, 6.07) is 6.33. The van der Waals surface area contributed by atoms with Crippen LogP contribution in [0.1, 0.15) is 35.5 Å². The van der Waals surface area contributed by atoms with E-state index in [0.717, 1.165) is 45.5 Å². The van der Waals surface area contributed by atoms with Gasteiger partial charge in [0.2, 0.25) is 0 Å². The molecule has 0 aliphatic rings. The van der Waals surface area contributed by atoms with Gasteiger partial charge in [0.05, 0.1) is 16.4 Å². The zero-order valence-electron chi connectivity index (χ0n) is 12.9. The fourth-order valence-electron chi connectivity index (χ4n) is 2.47. The number of benzene rings is 1. The lowest BCUT2D eigenvalue weighted by atomic mass is 10.0. The number of halogens is 2. The molecule has 21 heavy (non-hydrogen) atoms. The van der Waals surface area contributed by atoms with E-state index in [9.17, 15) is 0 Å². The van der Waals surface area contributed by atoms with Crippen molar-refractivity contribution >= 4 is 23.2 Å². The predicted octanol–water partition coefficient (Wildman–Crippen LogP) is 4.33. The van der Waals surface area contributed by atoms with Gasteiger partial charge in [-0.1, -0.05) is 35.3 Å². The summed E-state index contributed by atoms with van der Waals surface area (Å²) in [5.41, 5.74) is 4.19. The van der Waals surface area contributed by atoms with E-state index in [0.29, 0.717) is 0 Å². The van der Waals surface area contributed by atoms with E-state index in [1.807, 2.05) is 37.7 Å². The minimum atomic E-state index is 0.155. The fourth-order valence-corrected chi connectivity index (χ4v) is 2.87. The van der Waals surface area contributed by atoms with Crippen molar-refractivity contribution in [2.75, 3.05) is 7.05 Å². The molecule has 0 saturated carbocycles. The van der Waals surface area contributed by atoms with Crippen LogP contribution in [-0.2, 0) is 13.0 Å². The minimum absolute atomic E-state index is 0.155. The maximum Gasteiger partial charge on any atom is 0.0847 e. The summed E-state index contributed by atoms with van der Waals surface area (Å²) in [7, 11) is 1.95. The Morgan fingerprint density at radius 1 is 1.29 bits per heavy atom. The van der Waals surface area contributed by atoms with Crippen LogP contribution in [0.2, 0.25) is 10.0 Å². The maximum atomic E-state index is 6.40. The highest BCUT2D eigenvalue weighted by atomic mass is 35.5. The van der Waals surface area contributed by atoms with Gasteiger partial charge in [-0.2, -0.15) is 5.10 Å². The first-order valence-electron chi connectivity index (χ1n) is 7.13. The largest absolute Gasteiger partial charge is 0.313 e. The van der Waals surface area contributed by atoms with Crippen molar-refractivity contribution in [2.45, 2.75) is 39.8 Å². The zero-order chi connectivity index (χ0) is 15.6. The summed E-state index contributed by atoms with van der Waals surface area (Å²) in [5.74, 6) is 0. The third-order valence-corrected chi connectivity index (χ3v) is 4.70. The van der Waals surface area contributed by atoms with Crippen LogP contribution >= 0.6 is 23.2 Å². The molecule has 5 heteroatoms. The van der Waals surface area contributed by atoms with Crippen LogP contribution in [0.4, 0.5) is 0 Å². The van der Waals surface area contributed by atoms with E-state index in [1.54, 1.807) is 0 Å². The quantitative estimate of drug-likeness (QED) is 0.886. The summed E-state index contributed by atoms with van der Waals surface area (Å²) in [4.78, 5) is 0. The first-order chi connectivity index (χ1) is 9.97. The highest BCUT2D eigenvalue weighted by molar-refractivity contribution is 6.32. The van der Waals surface area contributed by atoms with Gasteiger partial charge in [0.25, 0.3) is 0 Å². The van der Waals surface area contributed by atoms with Crippen molar-refractivity contribution < 1.29 is 0 Å². The Kier molecular flexibility index (Phi) is 5.31. The van der Waals surface area contributed by atoms with Gasteiger partial charge in [0.15, 0.2) is 0 Å². The zero-order valence-corrected chi connectivity index (χ0v) is 14.4. The molecule has 0 amide bonds. The maximum absolute atomic E-state index is 6.40. The lowest BCUT2D eigenvalue weighted by Gasteiger charge is -2.18. The lowest BCUT2D eigenvalue weighted by Crippen LogP contribution is -2.20. The molecular weight excluding hydrogens is 305 g/mol. The summed E-state index contributed by atoms with van der Waals surface area (Å²) in [5, 5.41) is 9.37. The van der Waals surface area contributed by atoms with Crippen LogP contribution < -0.4 is 5.32 Å². The summed E-state index contributed by atoms with van der Waals surface area (Å²) in [6.07, 6.45) is 0.781. The van der Waals surface area contributed by atoms with Gasteiger partial charge in [-0.05, 0) is 45.0 Å². The van der Waals surface area contributed by atoms with Crippen molar-refractivity contribution in [1.82, 2.24) is 15.1 Å². The molecule has 0 aliphatic heterocycles. The summed E-state index contributed by atoms with van der Waals surface area (Å²) >= 11 is 12.6. The summed E-state index contributed by atoms with van der Waals surface area (Å²) < 4.78 is 1.97. The van der Waals surface area contributed by atoms with Crippen molar-refractivity contribution in [3.8, 4) is 0 Å². The molecule has 1 atom stereocenters. The van der Waals surface area contributed by atoms with Gasteiger partial charge in [0.1, 0.15) is 0 Å². The third-order valence-electron chi connectivity index (χ3n) is 3.80. The number of aromatic nitrogens is 2. The predicted molar refractivity (Wildman–Crippen MR) is 89.3 cm³/mol. The average Bonchev–Trinajstić information content (AvgIpc) is 2.75. The van der Waals surface area contributed by atoms with E-state index in [1.165, 1.54) is 0 Å². The number of aryl methyl sites for hydroxylation is 3. The molecule has 1 aromatic heterocycles. The van der Waals surface area contributed by atoms with Crippen LogP contribution in [0.3, 0.4) is 0 Å². The Morgan fingerprint density at radius 2 is 2.00 bits per heavy atom. The average molecular weight is 326 g/mol. The van der Waals surface area contributed by atoms with Gasteiger partial charge in [-0.25, -0.2) is 0 Å². The molecule has 3 nitrogen and oxygen atoms in total. The molecule has 0 aliphatic carbocycles. The molecule has 0 bridgehead atoms. The minimum Gasteiger partial charge on any atom is -0.313 e. The third kappa shape index (κ3) is 3.42. The molecule has 2 rings (SSSR count). The van der Waals surface area contributed by atoms with Crippen molar-refractivity contribution in [2.24, 2.45) is 0 Å². The van der Waals surface area contributed by atoms with E-state index < -0.39 is 0 Å². The van der Waals surface area contributed by atoms with E-state index in [-0.39, 0.29) is 6.04 Å². The van der Waals surface area contributed by atoms with E-state index >= 15 is 0 Å². The molecule has 0 saturated heterocycles. The molecule has 1 heterocycles. The number of hydrogen-bond donors (Lipinski definition) is 1.